The highest BCUT2D eigenvalue weighted by Crippen LogP contribution is 2.43. The summed E-state index contributed by atoms with van der Waals surface area (Å²) < 4.78 is 157. The summed E-state index contributed by atoms with van der Waals surface area (Å²) in [7, 11) is 0. The van der Waals surface area contributed by atoms with Crippen LogP contribution in [0.15, 0.2) is 36.4 Å². The van der Waals surface area contributed by atoms with Crippen molar-refractivity contribution in [3.63, 3.8) is 0 Å². The monoisotopic (exact) mass is 568 g/mol. The molecule has 16 heteroatoms. The molecule has 3 aromatic carbocycles. The third-order valence-corrected chi connectivity index (χ3v) is 5.57. The van der Waals surface area contributed by atoms with Gasteiger partial charge in [-0.25, -0.2) is 0 Å². The molecule has 0 bridgehead atoms. The Balaban J connectivity index is 2.06. The molecule has 0 atom stereocenters. The summed E-state index contributed by atoms with van der Waals surface area (Å²) in [5.41, 5.74) is -8.98. The molecule has 2 N–H and O–H groups in total. The molecule has 0 spiro atoms. The molecule has 0 aliphatic carbocycles. The van der Waals surface area contributed by atoms with Crippen LogP contribution in [-0.4, -0.2) is 0 Å². The maximum Gasteiger partial charge on any atom is 0.416 e. The van der Waals surface area contributed by atoms with Crippen LogP contribution in [0.3, 0.4) is 0 Å². The highest BCUT2D eigenvalue weighted by Gasteiger charge is 2.38. The number of hydrogen-bond donors (Lipinski definition) is 2. The molecule has 0 saturated carbocycles. The van der Waals surface area contributed by atoms with Gasteiger partial charge in [0, 0.05) is 11.4 Å². The lowest BCUT2D eigenvalue weighted by Crippen LogP contribution is -2.13. The molecule has 0 fully saturated rings. The molecule has 2 nitrogen and oxygen atoms in total. The van der Waals surface area contributed by atoms with Gasteiger partial charge in [-0.1, -0.05) is 24.4 Å². The Morgan fingerprint density at radius 3 is 0.833 bits per heavy atom. The Kier molecular flexibility index (Phi) is 6.85. The van der Waals surface area contributed by atoms with Crippen molar-refractivity contribution in [3.05, 3.63) is 67.7 Å². The van der Waals surface area contributed by atoms with Gasteiger partial charge < -0.3 is 10.6 Å². The van der Waals surface area contributed by atoms with Crippen LogP contribution in [0, 0.1) is 9.02 Å². The van der Waals surface area contributed by atoms with Crippen molar-refractivity contribution in [3.8, 4) is 0 Å². The molecule has 0 heterocycles. The first-order valence-corrected chi connectivity index (χ1v) is 9.96. The first-order valence-electron chi connectivity index (χ1n) is 9.14. The van der Waals surface area contributed by atoms with Crippen molar-refractivity contribution in [2.45, 2.75) is 24.7 Å². The average Bonchev–Trinajstić information content (AvgIpc) is 2.73. The zero-order valence-corrected chi connectivity index (χ0v) is 18.4. The molecule has 3 aromatic rings. The molecule has 0 unspecified atom stereocenters. The minimum Gasteiger partial charge on any atom is -0.353 e. The van der Waals surface area contributed by atoms with Crippen molar-refractivity contribution < 1.29 is 52.7 Å². The van der Waals surface area contributed by atoms with Gasteiger partial charge in [-0.3, -0.25) is 0 Å². The van der Waals surface area contributed by atoms with Crippen molar-refractivity contribution in [2.75, 3.05) is 10.6 Å². The summed E-state index contributed by atoms with van der Waals surface area (Å²) in [5.74, 6) is 0. The lowest BCUT2D eigenvalue weighted by atomic mass is 10.1. The topological polar surface area (TPSA) is 24.1 Å². The molecule has 0 radical (unpaired) electrons. The van der Waals surface area contributed by atoms with Crippen LogP contribution in [0.5, 0.6) is 0 Å². The predicted molar refractivity (Wildman–Crippen MR) is 110 cm³/mol. The highest BCUT2D eigenvalue weighted by atomic mass is 32.1. The lowest BCUT2D eigenvalue weighted by Gasteiger charge is -2.21. The van der Waals surface area contributed by atoms with E-state index in [1.807, 2.05) is 0 Å². The number of hydrogen-bond acceptors (Lipinski definition) is 4. The molecule has 0 aliphatic rings. The van der Waals surface area contributed by atoms with E-state index in [2.05, 4.69) is 10.6 Å². The summed E-state index contributed by atoms with van der Waals surface area (Å²) in [6, 6.07) is 0.991. The molecule has 0 aliphatic heterocycles. The Hall–Kier alpha value is -2.88. The van der Waals surface area contributed by atoms with Gasteiger partial charge in [0.15, 0.2) is 0 Å². The molecule has 36 heavy (non-hydrogen) atoms. The van der Waals surface area contributed by atoms with Crippen molar-refractivity contribution >= 4 is 47.2 Å². The first kappa shape index (κ1) is 27.7. The average molecular weight is 568 g/mol. The van der Waals surface area contributed by atoms with Crippen LogP contribution >= 0.6 is 24.4 Å². The minimum atomic E-state index is -5.17. The lowest BCUT2D eigenvalue weighted by molar-refractivity contribution is -0.144. The summed E-state index contributed by atoms with van der Waals surface area (Å²) in [4.78, 5) is 0. The van der Waals surface area contributed by atoms with Gasteiger partial charge in [0.05, 0.1) is 42.6 Å². The van der Waals surface area contributed by atoms with E-state index in [1.165, 1.54) is 0 Å². The number of benzene rings is 2. The van der Waals surface area contributed by atoms with Gasteiger partial charge in [-0.05, 0) is 36.4 Å². The fraction of sp³-hybridized carbons (Fsp3) is 0.200. The molecule has 3 rings (SSSR count). The van der Waals surface area contributed by atoms with E-state index in [9.17, 15) is 52.7 Å². The predicted octanol–water partition coefficient (Wildman–Crippen LogP) is 9.58. The van der Waals surface area contributed by atoms with E-state index < -0.39 is 69.7 Å². The van der Waals surface area contributed by atoms with E-state index in [1.54, 1.807) is 0 Å². The standard InChI is InChI=1S/C20H8F12N2S2/c21-17(22,23)7-1-8(18(24,25)26)4-11(3-7)33-13-14(16(36)15(13)35)34-12-5-9(19(27,28)29)2-10(6-12)20(30,31)32/h1-6,33-34H. The zero-order valence-electron chi connectivity index (χ0n) is 16.8. The number of nitrogens with one attached hydrogen (secondary N) is 2. The summed E-state index contributed by atoms with van der Waals surface area (Å²) in [5, 5.41) is 4.38. The van der Waals surface area contributed by atoms with Crippen LogP contribution < -0.4 is 10.6 Å². The maximum atomic E-state index is 13.1. The van der Waals surface area contributed by atoms with Gasteiger partial charge >= 0.3 is 24.7 Å². The molecular formula is C20H8F12N2S2. The number of rotatable bonds is 4. The van der Waals surface area contributed by atoms with Gasteiger partial charge in [0.1, 0.15) is 0 Å². The van der Waals surface area contributed by atoms with Crippen molar-refractivity contribution in [1.29, 1.82) is 0 Å². The minimum absolute atomic E-state index is 0.135. The number of halogens is 12. The Bertz CT molecular complexity index is 1200. The van der Waals surface area contributed by atoms with Crippen LogP contribution in [0.2, 0.25) is 0 Å². The molecule has 0 aromatic heterocycles. The fourth-order valence-electron chi connectivity index (χ4n) is 2.97. The largest absolute Gasteiger partial charge is 0.416 e. The molecule has 0 saturated heterocycles. The summed E-state index contributed by atoms with van der Waals surface area (Å²) in [6.07, 6.45) is -20.7. The van der Waals surface area contributed by atoms with E-state index in [0.717, 1.165) is 0 Å². The highest BCUT2D eigenvalue weighted by molar-refractivity contribution is 7.74. The summed E-state index contributed by atoms with van der Waals surface area (Å²) in [6.45, 7) is 0. The van der Waals surface area contributed by atoms with Crippen LogP contribution in [0.1, 0.15) is 22.3 Å². The first-order chi connectivity index (χ1) is 16.2. The van der Waals surface area contributed by atoms with E-state index in [0.29, 0.717) is 24.3 Å². The zero-order chi connectivity index (χ0) is 27.4. The maximum absolute atomic E-state index is 13.1. The Morgan fingerprint density at radius 2 is 0.639 bits per heavy atom. The van der Waals surface area contributed by atoms with Crippen molar-refractivity contribution in [2.24, 2.45) is 0 Å². The van der Waals surface area contributed by atoms with Crippen LogP contribution in [-0.2, 0) is 24.7 Å². The molecular weight excluding hydrogens is 560 g/mol. The van der Waals surface area contributed by atoms with E-state index >= 15 is 0 Å². The van der Waals surface area contributed by atoms with Crippen LogP contribution in [0.4, 0.5) is 75.4 Å². The molecule has 0 amide bonds. The number of alkyl halides is 12. The van der Waals surface area contributed by atoms with Gasteiger partial charge in [0.25, 0.3) is 0 Å². The Labute approximate surface area is 203 Å². The fourth-order valence-corrected chi connectivity index (χ4v) is 3.48. The number of anilines is 4. The SMILES string of the molecule is FC(F)(F)c1cc(Nc2c(Nc3cc(C(F)(F)F)cc(C(F)(F)F)c3)c(=S)c2=S)cc(C(F)(F)F)c1. The second-order valence-corrected chi connectivity index (χ2v) is 8.06. The van der Waals surface area contributed by atoms with Gasteiger partial charge in [-0.2, -0.15) is 52.7 Å². The normalized spacial score (nSPS) is 13.2. The third kappa shape index (κ3) is 5.91. The Morgan fingerprint density at radius 1 is 0.417 bits per heavy atom. The second-order valence-electron chi connectivity index (χ2n) is 7.25. The molecule has 194 valence electrons. The quantitative estimate of drug-likeness (QED) is 0.242. The smallest absolute Gasteiger partial charge is 0.353 e. The van der Waals surface area contributed by atoms with Gasteiger partial charge in [-0.15, -0.1) is 0 Å². The van der Waals surface area contributed by atoms with Crippen molar-refractivity contribution in [1.82, 2.24) is 0 Å². The van der Waals surface area contributed by atoms with Crippen LogP contribution in [0.25, 0.3) is 0 Å². The third-order valence-electron chi connectivity index (χ3n) is 4.62. The van der Waals surface area contributed by atoms with E-state index in [4.69, 9.17) is 24.4 Å². The summed E-state index contributed by atoms with van der Waals surface area (Å²) >= 11 is 9.79. The second kappa shape index (κ2) is 8.90. The van der Waals surface area contributed by atoms with E-state index in [-0.39, 0.29) is 21.2 Å². The van der Waals surface area contributed by atoms with Gasteiger partial charge in [0.2, 0.25) is 0 Å².